The Morgan fingerprint density at radius 3 is 2.71 bits per heavy atom. The van der Waals surface area contributed by atoms with Crippen molar-refractivity contribution in [1.82, 2.24) is 4.98 Å². The number of nitrogens with zero attached hydrogens (tertiary/aromatic N) is 2. The second-order valence-corrected chi connectivity index (χ2v) is 5.58. The molecule has 1 amide bonds. The largest absolute Gasteiger partial charge is 0.378 e. The second kappa shape index (κ2) is 7.79. The first-order valence-corrected chi connectivity index (χ1v) is 8.21. The third-order valence-electron chi connectivity index (χ3n) is 3.89. The summed E-state index contributed by atoms with van der Waals surface area (Å²) >= 11 is 0. The molecule has 6 nitrogen and oxygen atoms in total. The number of hydrogen-bond acceptors (Lipinski definition) is 5. The zero-order chi connectivity index (χ0) is 16.8. The van der Waals surface area contributed by atoms with Gasteiger partial charge in [0, 0.05) is 19.5 Å². The lowest BCUT2D eigenvalue weighted by Crippen LogP contribution is -2.36. The molecule has 2 heterocycles. The Labute approximate surface area is 141 Å². The van der Waals surface area contributed by atoms with Gasteiger partial charge in [-0.15, -0.1) is 0 Å². The highest BCUT2D eigenvalue weighted by Gasteiger charge is 2.14. The quantitative estimate of drug-likeness (QED) is 0.884. The molecule has 126 valence electrons. The smallest absolute Gasteiger partial charge is 0.224 e. The first-order chi connectivity index (χ1) is 11.8. The maximum Gasteiger partial charge on any atom is 0.224 e. The van der Waals surface area contributed by atoms with E-state index in [1.165, 1.54) is 0 Å². The number of benzene rings is 1. The van der Waals surface area contributed by atoms with Crippen molar-refractivity contribution in [3.8, 4) is 0 Å². The van der Waals surface area contributed by atoms with Gasteiger partial charge in [0.05, 0.1) is 36.5 Å². The summed E-state index contributed by atoms with van der Waals surface area (Å²) in [4.78, 5) is 18.1. The average molecular weight is 326 g/mol. The summed E-state index contributed by atoms with van der Waals surface area (Å²) in [6, 6.07) is 11.9. The van der Waals surface area contributed by atoms with Crippen LogP contribution in [-0.2, 0) is 9.53 Å². The number of hydrogen-bond donors (Lipinski definition) is 2. The van der Waals surface area contributed by atoms with Gasteiger partial charge in [-0.1, -0.05) is 19.1 Å². The van der Waals surface area contributed by atoms with Crippen LogP contribution in [0.3, 0.4) is 0 Å². The molecule has 1 aliphatic rings. The molecular weight excluding hydrogens is 304 g/mol. The van der Waals surface area contributed by atoms with Gasteiger partial charge < -0.3 is 20.3 Å². The van der Waals surface area contributed by atoms with Gasteiger partial charge in [0.2, 0.25) is 5.91 Å². The number of amides is 1. The summed E-state index contributed by atoms with van der Waals surface area (Å²) in [7, 11) is 0. The van der Waals surface area contributed by atoms with E-state index in [1.54, 1.807) is 6.20 Å². The van der Waals surface area contributed by atoms with Gasteiger partial charge >= 0.3 is 0 Å². The Hall–Kier alpha value is -2.60. The lowest BCUT2D eigenvalue weighted by atomic mass is 10.2. The molecule has 6 heteroatoms. The summed E-state index contributed by atoms with van der Waals surface area (Å²) in [6.07, 6.45) is 2.11. The predicted octanol–water partition coefficient (Wildman–Crippen LogP) is 3.01. The second-order valence-electron chi connectivity index (χ2n) is 5.58. The number of pyridine rings is 1. The lowest BCUT2D eigenvalue weighted by Gasteiger charge is -2.30. The Morgan fingerprint density at radius 2 is 2.00 bits per heavy atom. The summed E-state index contributed by atoms with van der Waals surface area (Å²) in [5, 5.41) is 6.15. The molecule has 1 fully saturated rings. The van der Waals surface area contributed by atoms with Crippen LogP contribution < -0.4 is 15.5 Å². The van der Waals surface area contributed by atoms with E-state index in [1.807, 2.05) is 37.3 Å². The van der Waals surface area contributed by atoms with Crippen LogP contribution in [0.25, 0.3) is 0 Å². The predicted molar refractivity (Wildman–Crippen MR) is 95.9 cm³/mol. The fraction of sp³-hybridized carbons (Fsp3) is 0.333. The highest BCUT2D eigenvalue weighted by Crippen LogP contribution is 2.28. The Bertz CT molecular complexity index is 682. The van der Waals surface area contributed by atoms with Gasteiger partial charge in [-0.3, -0.25) is 4.79 Å². The van der Waals surface area contributed by atoms with E-state index in [-0.39, 0.29) is 5.91 Å². The van der Waals surface area contributed by atoms with Crippen LogP contribution >= 0.6 is 0 Å². The molecule has 2 aromatic rings. The minimum absolute atomic E-state index is 0.0184. The van der Waals surface area contributed by atoms with Crippen LogP contribution in [0, 0.1) is 0 Å². The molecule has 0 spiro atoms. The molecule has 3 rings (SSSR count). The van der Waals surface area contributed by atoms with Crippen LogP contribution in [0.15, 0.2) is 42.6 Å². The van der Waals surface area contributed by atoms with E-state index in [9.17, 15) is 4.79 Å². The average Bonchev–Trinajstić information content (AvgIpc) is 2.64. The number of anilines is 4. The van der Waals surface area contributed by atoms with Crippen molar-refractivity contribution in [2.45, 2.75) is 13.3 Å². The van der Waals surface area contributed by atoms with Gasteiger partial charge in [-0.2, -0.15) is 0 Å². The number of rotatable bonds is 5. The van der Waals surface area contributed by atoms with E-state index in [0.29, 0.717) is 12.1 Å². The molecule has 0 radical (unpaired) electrons. The summed E-state index contributed by atoms with van der Waals surface area (Å²) in [5.74, 6) is 0.723. The van der Waals surface area contributed by atoms with Gasteiger partial charge in [-0.05, 0) is 24.3 Å². The molecule has 0 unspecified atom stereocenters. The van der Waals surface area contributed by atoms with E-state index in [4.69, 9.17) is 4.74 Å². The number of morpholine rings is 1. The van der Waals surface area contributed by atoms with Crippen LogP contribution in [0.2, 0.25) is 0 Å². The molecule has 2 N–H and O–H groups in total. The van der Waals surface area contributed by atoms with E-state index < -0.39 is 0 Å². The highest BCUT2D eigenvalue weighted by atomic mass is 16.5. The van der Waals surface area contributed by atoms with Crippen LogP contribution in [0.4, 0.5) is 22.9 Å². The molecule has 0 atom stereocenters. The van der Waals surface area contributed by atoms with E-state index in [2.05, 4.69) is 26.6 Å². The summed E-state index contributed by atoms with van der Waals surface area (Å²) in [5.41, 5.74) is 2.86. The first-order valence-electron chi connectivity index (χ1n) is 8.21. The molecule has 24 heavy (non-hydrogen) atoms. The van der Waals surface area contributed by atoms with Gasteiger partial charge in [0.25, 0.3) is 0 Å². The van der Waals surface area contributed by atoms with Crippen molar-refractivity contribution in [2.75, 3.05) is 41.8 Å². The first kappa shape index (κ1) is 16.3. The van der Waals surface area contributed by atoms with Gasteiger partial charge in [0.1, 0.15) is 5.82 Å². The van der Waals surface area contributed by atoms with Crippen molar-refractivity contribution in [1.29, 1.82) is 0 Å². The fourth-order valence-electron chi connectivity index (χ4n) is 2.59. The van der Waals surface area contributed by atoms with Crippen molar-refractivity contribution >= 4 is 28.8 Å². The Kier molecular flexibility index (Phi) is 5.28. The minimum atomic E-state index is -0.0184. The monoisotopic (exact) mass is 326 g/mol. The zero-order valence-corrected chi connectivity index (χ0v) is 13.8. The third kappa shape index (κ3) is 4.02. The number of para-hydroxylation sites is 2. The highest BCUT2D eigenvalue weighted by molar-refractivity contribution is 5.90. The molecule has 0 saturated carbocycles. The SMILES string of the molecule is CCC(=O)Nc1ccc(Nc2ccccc2N2CCOCC2)nc1. The molecule has 1 saturated heterocycles. The topological polar surface area (TPSA) is 66.5 Å². The molecule has 1 aromatic heterocycles. The third-order valence-corrected chi connectivity index (χ3v) is 3.89. The van der Waals surface area contributed by atoms with Gasteiger partial charge in [0.15, 0.2) is 0 Å². The number of aromatic nitrogens is 1. The van der Waals surface area contributed by atoms with E-state index in [0.717, 1.165) is 43.5 Å². The maximum absolute atomic E-state index is 11.4. The number of carbonyl (C=O) groups is 1. The standard InChI is InChI=1S/C18H22N4O2/c1-2-18(23)20-14-7-8-17(19-13-14)21-15-5-3-4-6-16(15)22-9-11-24-12-10-22/h3-8,13H,2,9-12H2,1H3,(H,19,21)(H,20,23). The number of nitrogens with one attached hydrogen (secondary N) is 2. The molecular formula is C18H22N4O2. The number of carbonyl (C=O) groups excluding carboxylic acids is 1. The fourth-order valence-corrected chi connectivity index (χ4v) is 2.59. The molecule has 1 aromatic carbocycles. The Morgan fingerprint density at radius 1 is 1.21 bits per heavy atom. The van der Waals surface area contributed by atoms with Crippen molar-refractivity contribution in [3.05, 3.63) is 42.6 Å². The Balaban J connectivity index is 1.72. The van der Waals surface area contributed by atoms with E-state index >= 15 is 0 Å². The zero-order valence-electron chi connectivity index (χ0n) is 13.8. The lowest BCUT2D eigenvalue weighted by molar-refractivity contribution is -0.115. The summed E-state index contributed by atoms with van der Waals surface area (Å²) in [6.45, 7) is 5.08. The molecule has 0 aliphatic carbocycles. The normalized spacial score (nSPS) is 14.3. The van der Waals surface area contributed by atoms with Crippen molar-refractivity contribution in [3.63, 3.8) is 0 Å². The summed E-state index contributed by atoms with van der Waals surface area (Å²) < 4.78 is 5.42. The van der Waals surface area contributed by atoms with Crippen LogP contribution in [0.5, 0.6) is 0 Å². The molecule has 1 aliphatic heterocycles. The van der Waals surface area contributed by atoms with Crippen molar-refractivity contribution < 1.29 is 9.53 Å². The van der Waals surface area contributed by atoms with Crippen LogP contribution in [0.1, 0.15) is 13.3 Å². The van der Waals surface area contributed by atoms with Crippen LogP contribution in [-0.4, -0.2) is 37.2 Å². The van der Waals surface area contributed by atoms with Gasteiger partial charge in [-0.25, -0.2) is 4.98 Å². The maximum atomic E-state index is 11.4. The minimum Gasteiger partial charge on any atom is -0.378 e. The molecule has 0 bridgehead atoms. The van der Waals surface area contributed by atoms with Crippen molar-refractivity contribution in [2.24, 2.45) is 0 Å². The number of ether oxygens (including phenoxy) is 1.